The number of rotatable bonds is 4. The molecule has 1 fully saturated rings. The van der Waals surface area contributed by atoms with E-state index < -0.39 is 5.97 Å². The molecule has 1 N–H and O–H groups in total. The molecule has 5 nitrogen and oxygen atoms in total. The van der Waals surface area contributed by atoms with Crippen LogP contribution in [0.5, 0.6) is 11.5 Å². The maximum Gasteiger partial charge on any atom is 0.337 e. The zero-order chi connectivity index (χ0) is 17.8. The van der Waals surface area contributed by atoms with Gasteiger partial charge in [0.2, 0.25) is 0 Å². The van der Waals surface area contributed by atoms with Crippen LogP contribution in [-0.4, -0.2) is 23.3 Å². The highest BCUT2D eigenvalue weighted by Gasteiger charge is 2.21. The molecule has 7 heteroatoms. The highest BCUT2D eigenvalue weighted by Crippen LogP contribution is 2.28. The summed E-state index contributed by atoms with van der Waals surface area (Å²) in [5, 5.41) is 2.58. The summed E-state index contributed by atoms with van der Waals surface area (Å²) in [5.74, 6) is 0.614. The second-order valence-electron chi connectivity index (χ2n) is 5.04. The van der Waals surface area contributed by atoms with Crippen LogP contribution in [0.25, 0.3) is 6.08 Å². The van der Waals surface area contributed by atoms with Gasteiger partial charge in [-0.3, -0.25) is 4.79 Å². The van der Waals surface area contributed by atoms with Crippen LogP contribution >= 0.6 is 24.0 Å². The number of nitrogens with one attached hydrogen (secondary N) is 1. The first-order chi connectivity index (χ1) is 12.0. The number of benzene rings is 2. The van der Waals surface area contributed by atoms with E-state index in [1.807, 2.05) is 24.3 Å². The lowest BCUT2D eigenvalue weighted by Crippen LogP contribution is -2.17. The molecule has 0 aromatic heterocycles. The van der Waals surface area contributed by atoms with Gasteiger partial charge in [0, 0.05) is 0 Å². The number of amides is 1. The molecule has 126 valence electrons. The largest absolute Gasteiger partial charge is 0.465 e. The molecule has 1 saturated heterocycles. The van der Waals surface area contributed by atoms with Gasteiger partial charge in [0.25, 0.3) is 5.91 Å². The Morgan fingerprint density at radius 1 is 1.16 bits per heavy atom. The molecule has 1 heterocycles. The summed E-state index contributed by atoms with van der Waals surface area (Å²) in [5.41, 5.74) is 1.28. The van der Waals surface area contributed by atoms with E-state index in [1.165, 1.54) is 18.9 Å². The van der Waals surface area contributed by atoms with Gasteiger partial charge in [0.1, 0.15) is 15.8 Å². The zero-order valence-corrected chi connectivity index (χ0v) is 14.8. The van der Waals surface area contributed by atoms with Gasteiger partial charge in [-0.25, -0.2) is 4.79 Å². The molecule has 0 aliphatic carbocycles. The van der Waals surface area contributed by atoms with Crippen LogP contribution in [0.3, 0.4) is 0 Å². The van der Waals surface area contributed by atoms with Gasteiger partial charge in [0.15, 0.2) is 0 Å². The summed E-state index contributed by atoms with van der Waals surface area (Å²) in [6.07, 6.45) is 1.76. The Bertz CT molecular complexity index is 875. The molecule has 25 heavy (non-hydrogen) atoms. The molecule has 2 aromatic carbocycles. The van der Waals surface area contributed by atoms with Crippen molar-refractivity contribution in [2.75, 3.05) is 7.11 Å². The first-order valence-electron chi connectivity index (χ1n) is 7.26. The first kappa shape index (κ1) is 17.2. The Balaban J connectivity index is 1.76. The molecular formula is C18H13NO4S2. The first-order valence-corrected chi connectivity index (χ1v) is 8.49. The lowest BCUT2D eigenvalue weighted by molar-refractivity contribution is -0.115. The number of hydrogen-bond acceptors (Lipinski definition) is 6. The molecular weight excluding hydrogens is 358 g/mol. The molecule has 1 amide bonds. The number of methoxy groups -OCH3 is 1. The third-order valence-electron chi connectivity index (χ3n) is 3.31. The van der Waals surface area contributed by atoms with Crippen LogP contribution in [0.1, 0.15) is 15.9 Å². The second-order valence-corrected chi connectivity index (χ2v) is 6.76. The van der Waals surface area contributed by atoms with Gasteiger partial charge in [-0.05, 0) is 48.0 Å². The fourth-order valence-corrected chi connectivity index (χ4v) is 3.20. The molecule has 0 unspecified atom stereocenters. The summed E-state index contributed by atoms with van der Waals surface area (Å²) in [6.45, 7) is 0. The smallest absolute Gasteiger partial charge is 0.337 e. The summed E-state index contributed by atoms with van der Waals surface area (Å²) in [7, 11) is 1.34. The molecule has 1 aliphatic heterocycles. The Morgan fingerprint density at radius 3 is 2.56 bits per heavy atom. The number of thiocarbonyl (C=S) groups is 1. The van der Waals surface area contributed by atoms with Crippen LogP contribution in [0.4, 0.5) is 0 Å². The maximum atomic E-state index is 11.7. The SMILES string of the molecule is COC(=O)c1ccc(Oc2cccc(C=C3SC(=S)NC3=O)c2)cc1. The number of carbonyl (C=O) groups excluding carboxylic acids is 2. The van der Waals surface area contributed by atoms with Crippen molar-refractivity contribution in [1.29, 1.82) is 0 Å². The predicted molar refractivity (Wildman–Crippen MR) is 101 cm³/mol. The van der Waals surface area contributed by atoms with Crippen molar-refractivity contribution < 1.29 is 19.1 Å². The summed E-state index contributed by atoms with van der Waals surface area (Å²) in [4.78, 5) is 23.7. The summed E-state index contributed by atoms with van der Waals surface area (Å²) < 4.78 is 10.9. The molecule has 1 aliphatic rings. The molecule has 0 atom stereocenters. The Kier molecular flexibility index (Phi) is 5.16. The van der Waals surface area contributed by atoms with Crippen LogP contribution in [0.15, 0.2) is 53.4 Å². The highest BCUT2D eigenvalue weighted by molar-refractivity contribution is 8.26. The molecule has 3 rings (SSSR count). The van der Waals surface area contributed by atoms with E-state index in [9.17, 15) is 9.59 Å². The van der Waals surface area contributed by atoms with Crippen LogP contribution < -0.4 is 10.1 Å². The molecule has 0 spiro atoms. The molecule has 0 bridgehead atoms. The fraction of sp³-hybridized carbons (Fsp3) is 0.0556. The van der Waals surface area contributed by atoms with Crippen molar-refractivity contribution in [3.63, 3.8) is 0 Å². The lowest BCUT2D eigenvalue weighted by Gasteiger charge is -2.07. The molecule has 2 aromatic rings. The van der Waals surface area contributed by atoms with Crippen LogP contribution in [-0.2, 0) is 9.53 Å². The van der Waals surface area contributed by atoms with Crippen molar-refractivity contribution in [2.45, 2.75) is 0 Å². The van der Waals surface area contributed by atoms with Gasteiger partial charge in [-0.15, -0.1) is 0 Å². The van der Waals surface area contributed by atoms with E-state index in [0.717, 1.165) is 5.56 Å². The van der Waals surface area contributed by atoms with Crippen molar-refractivity contribution in [1.82, 2.24) is 5.32 Å². The Labute approximate surface area is 154 Å². The van der Waals surface area contributed by atoms with E-state index in [1.54, 1.807) is 30.3 Å². The fourth-order valence-electron chi connectivity index (χ4n) is 2.15. The lowest BCUT2D eigenvalue weighted by atomic mass is 10.2. The van der Waals surface area contributed by atoms with E-state index in [4.69, 9.17) is 17.0 Å². The monoisotopic (exact) mass is 371 g/mol. The van der Waals surface area contributed by atoms with Gasteiger partial charge in [-0.2, -0.15) is 0 Å². The minimum Gasteiger partial charge on any atom is -0.465 e. The number of hydrogen-bond donors (Lipinski definition) is 1. The predicted octanol–water partition coefficient (Wildman–Crippen LogP) is 3.75. The number of esters is 1. The zero-order valence-electron chi connectivity index (χ0n) is 13.1. The number of carbonyl (C=O) groups is 2. The third-order valence-corrected chi connectivity index (χ3v) is 4.47. The van der Waals surface area contributed by atoms with E-state index in [2.05, 4.69) is 10.1 Å². The minimum atomic E-state index is -0.398. The minimum absolute atomic E-state index is 0.195. The standard InChI is InChI=1S/C18H13NO4S2/c1-22-17(21)12-5-7-13(8-6-12)23-14-4-2-3-11(9-14)10-15-16(20)19-18(24)25-15/h2-10H,1H3,(H,19,20,24). The van der Waals surface area contributed by atoms with Gasteiger partial charge in [0.05, 0.1) is 17.6 Å². The quantitative estimate of drug-likeness (QED) is 0.502. The Hall–Kier alpha value is -2.64. The maximum absolute atomic E-state index is 11.7. The summed E-state index contributed by atoms with van der Waals surface area (Å²) in [6, 6.07) is 14.0. The molecule has 0 radical (unpaired) electrons. The summed E-state index contributed by atoms with van der Waals surface area (Å²) >= 11 is 6.20. The van der Waals surface area contributed by atoms with Crippen LogP contribution in [0.2, 0.25) is 0 Å². The number of thioether (sulfide) groups is 1. The second kappa shape index (κ2) is 7.50. The van der Waals surface area contributed by atoms with Crippen molar-refractivity contribution in [3.05, 3.63) is 64.6 Å². The third kappa shape index (κ3) is 4.26. The van der Waals surface area contributed by atoms with Gasteiger partial charge in [-0.1, -0.05) is 36.1 Å². The topological polar surface area (TPSA) is 64.6 Å². The van der Waals surface area contributed by atoms with E-state index in [-0.39, 0.29) is 5.91 Å². The highest BCUT2D eigenvalue weighted by atomic mass is 32.2. The average Bonchev–Trinajstić information content (AvgIpc) is 2.92. The van der Waals surface area contributed by atoms with Gasteiger partial charge < -0.3 is 14.8 Å². The van der Waals surface area contributed by atoms with E-state index >= 15 is 0 Å². The average molecular weight is 371 g/mol. The van der Waals surface area contributed by atoms with Crippen molar-refractivity contribution in [3.8, 4) is 11.5 Å². The van der Waals surface area contributed by atoms with Gasteiger partial charge >= 0.3 is 5.97 Å². The normalized spacial score (nSPS) is 15.2. The van der Waals surface area contributed by atoms with E-state index in [0.29, 0.717) is 26.3 Å². The Morgan fingerprint density at radius 2 is 1.92 bits per heavy atom. The molecule has 0 saturated carbocycles. The number of ether oxygens (including phenoxy) is 2. The van der Waals surface area contributed by atoms with Crippen molar-refractivity contribution >= 4 is 46.3 Å². The van der Waals surface area contributed by atoms with Crippen molar-refractivity contribution in [2.24, 2.45) is 0 Å². The van der Waals surface area contributed by atoms with Crippen LogP contribution in [0, 0.1) is 0 Å².